The third-order valence-corrected chi connectivity index (χ3v) is 4.26. The second-order valence-corrected chi connectivity index (χ2v) is 5.76. The summed E-state index contributed by atoms with van der Waals surface area (Å²) >= 11 is 0. The minimum atomic E-state index is -0.430. The number of aliphatic hydroxyl groups excluding tert-OH is 1. The first-order chi connectivity index (χ1) is 10.1. The molecule has 2 unspecified atom stereocenters. The topological polar surface area (TPSA) is 35.9 Å². The van der Waals surface area contributed by atoms with Crippen LogP contribution in [0.25, 0.3) is 0 Å². The van der Waals surface area contributed by atoms with Gasteiger partial charge in [-0.3, -0.25) is 9.80 Å². The fraction of sp³-hybridized carbons (Fsp3) is 0.647. The van der Waals surface area contributed by atoms with Crippen LogP contribution in [-0.2, 0) is 0 Å². The van der Waals surface area contributed by atoms with Crippen LogP contribution in [0.5, 0.6) is 5.75 Å². The van der Waals surface area contributed by atoms with E-state index < -0.39 is 6.10 Å². The summed E-state index contributed by atoms with van der Waals surface area (Å²) in [6.45, 7) is 12.1. The zero-order valence-electron chi connectivity index (χ0n) is 13.5. The minimum Gasteiger partial charge on any atom is -0.494 e. The molecule has 0 saturated carbocycles. The molecule has 1 aromatic rings. The van der Waals surface area contributed by atoms with Crippen molar-refractivity contribution >= 4 is 0 Å². The Balaban J connectivity index is 1.87. The minimum absolute atomic E-state index is 0.430. The van der Waals surface area contributed by atoms with E-state index in [-0.39, 0.29) is 0 Å². The summed E-state index contributed by atoms with van der Waals surface area (Å²) < 4.78 is 5.43. The second-order valence-electron chi connectivity index (χ2n) is 5.76. The zero-order chi connectivity index (χ0) is 15.2. The van der Waals surface area contributed by atoms with Gasteiger partial charge in [-0.1, -0.05) is 19.1 Å². The van der Waals surface area contributed by atoms with E-state index in [4.69, 9.17) is 4.74 Å². The molecule has 1 N–H and O–H groups in total. The number of benzene rings is 1. The van der Waals surface area contributed by atoms with Crippen LogP contribution in [0.1, 0.15) is 32.4 Å². The Labute approximate surface area is 128 Å². The number of rotatable bonds is 6. The molecule has 1 aliphatic heterocycles. The Morgan fingerprint density at radius 1 is 1.24 bits per heavy atom. The first kappa shape index (κ1) is 16.3. The average molecular weight is 292 g/mol. The first-order valence-electron chi connectivity index (χ1n) is 8.01. The summed E-state index contributed by atoms with van der Waals surface area (Å²) in [4.78, 5) is 4.84. The van der Waals surface area contributed by atoms with Crippen LogP contribution in [0.4, 0.5) is 0 Å². The molecule has 1 aromatic carbocycles. The van der Waals surface area contributed by atoms with Gasteiger partial charge in [0, 0.05) is 32.2 Å². The summed E-state index contributed by atoms with van der Waals surface area (Å²) in [6.07, 6.45) is -0.430. The molecule has 1 aliphatic rings. The van der Waals surface area contributed by atoms with E-state index in [1.54, 1.807) is 0 Å². The summed E-state index contributed by atoms with van der Waals surface area (Å²) in [5.74, 6) is 0.860. The number of aliphatic hydroxyl groups is 1. The van der Waals surface area contributed by atoms with Crippen molar-refractivity contribution in [3.63, 3.8) is 0 Å². The highest BCUT2D eigenvalue weighted by Crippen LogP contribution is 2.20. The molecule has 0 aliphatic carbocycles. The van der Waals surface area contributed by atoms with E-state index in [1.165, 1.54) is 0 Å². The van der Waals surface area contributed by atoms with Gasteiger partial charge in [-0.2, -0.15) is 0 Å². The van der Waals surface area contributed by atoms with E-state index in [2.05, 4.69) is 23.6 Å². The van der Waals surface area contributed by atoms with Crippen LogP contribution >= 0.6 is 0 Å². The van der Waals surface area contributed by atoms with E-state index >= 15 is 0 Å². The number of hydrogen-bond acceptors (Lipinski definition) is 4. The van der Waals surface area contributed by atoms with E-state index in [0.717, 1.165) is 37.5 Å². The molecule has 0 aromatic heterocycles. The SMILES string of the molecule is CCOc1ccc(C(O)CN2CCN(CC)C(C)C2)cc1. The maximum atomic E-state index is 10.4. The lowest BCUT2D eigenvalue weighted by atomic mass is 10.1. The predicted molar refractivity (Wildman–Crippen MR) is 85.7 cm³/mol. The van der Waals surface area contributed by atoms with Crippen LogP contribution in [-0.4, -0.2) is 60.3 Å². The summed E-state index contributed by atoms with van der Waals surface area (Å²) in [5, 5.41) is 10.4. The number of piperazine rings is 1. The van der Waals surface area contributed by atoms with Crippen molar-refractivity contribution in [1.82, 2.24) is 9.80 Å². The number of β-amino-alcohol motifs (C(OH)–C–C–N with tert-alkyl or cyclic N) is 1. The highest BCUT2D eigenvalue weighted by molar-refractivity contribution is 5.28. The molecule has 21 heavy (non-hydrogen) atoms. The van der Waals surface area contributed by atoms with E-state index in [1.807, 2.05) is 31.2 Å². The van der Waals surface area contributed by atoms with Crippen molar-refractivity contribution in [1.29, 1.82) is 0 Å². The molecule has 4 heteroatoms. The molecule has 118 valence electrons. The van der Waals surface area contributed by atoms with Gasteiger partial charge in [-0.15, -0.1) is 0 Å². The number of likely N-dealkylation sites (N-methyl/N-ethyl adjacent to an activating group) is 1. The van der Waals surface area contributed by atoms with Crippen LogP contribution < -0.4 is 4.74 Å². The molecule has 2 atom stereocenters. The van der Waals surface area contributed by atoms with Crippen LogP contribution in [0, 0.1) is 0 Å². The Morgan fingerprint density at radius 3 is 2.52 bits per heavy atom. The Hall–Kier alpha value is -1.10. The van der Waals surface area contributed by atoms with E-state index in [9.17, 15) is 5.11 Å². The average Bonchev–Trinajstić information content (AvgIpc) is 2.48. The molecule has 0 spiro atoms. The third kappa shape index (κ3) is 4.43. The normalized spacial score (nSPS) is 22.2. The van der Waals surface area contributed by atoms with E-state index in [0.29, 0.717) is 19.2 Å². The lowest BCUT2D eigenvalue weighted by Gasteiger charge is -2.40. The first-order valence-corrected chi connectivity index (χ1v) is 8.01. The van der Waals surface area contributed by atoms with Crippen molar-refractivity contribution in [3.8, 4) is 5.75 Å². The quantitative estimate of drug-likeness (QED) is 0.871. The molecule has 0 amide bonds. The largest absolute Gasteiger partial charge is 0.494 e. The summed E-state index contributed by atoms with van der Waals surface area (Å²) in [7, 11) is 0. The van der Waals surface area contributed by atoms with Crippen molar-refractivity contribution in [3.05, 3.63) is 29.8 Å². The molecule has 2 rings (SSSR count). The van der Waals surface area contributed by atoms with Crippen molar-refractivity contribution in [2.75, 3.05) is 39.3 Å². The van der Waals surface area contributed by atoms with Crippen molar-refractivity contribution < 1.29 is 9.84 Å². The summed E-state index contributed by atoms with van der Waals surface area (Å²) in [5.41, 5.74) is 0.962. The molecule has 0 radical (unpaired) electrons. The molecule has 1 fully saturated rings. The molecular formula is C17H28N2O2. The fourth-order valence-corrected chi connectivity index (χ4v) is 3.01. The van der Waals surface area contributed by atoms with Gasteiger partial charge in [0.2, 0.25) is 0 Å². The van der Waals surface area contributed by atoms with Gasteiger partial charge < -0.3 is 9.84 Å². The number of ether oxygens (including phenoxy) is 1. The van der Waals surface area contributed by atoms with Gasteiger partial charge in [0.05, 0.1) is 12.7 Å². The van der Waals surface area contributed by atoms with Crippen molar-refractivity contribution in [2.24, 2.45) is 0 Å². The monoisotopic (exact) mass is 292 g/mol. The Kier molecular flexibility index (Phi) is 6.03. The maximum absolute atomic E-state index is 10.4. The third-order valence-electron chi connectivity index (χ3n) is 4.26. The predicted octanol–water partition coefficient (Wildman–Crippen LogP) is 2.14. The fourth-order valence-electron chi connectivity index (χ4n) is 3.01. The van der Waals surface area contributed by atoms with Crippen molar-refractivity contribution in [2.45, 2.75) is 32.9 Å². The molecule has 1 heterocycles. The second kappa shape index (κ2) is 7.78. The standard InChI is InChI=1S/C17H28N2O2/c1-4-19-11-10-18(12-14(19)3)13-17(20)15-6-8-16(9-7-15)21-5-2/h6-9,14,17,20H,4-5,10-13H2,1-3H3. The van der Waals surface area contributed by atoms with Crippen LogP contribution in [0.3, 0.4) is 0 Å². The molecular weight excluding hydrogens is 264 g/mol. The Morgan fingerprint density at radius 2 is 1.95 bits per heavy atom. The smallest absolute Gasteiger partial charge is 0.119 e. The highest BCUT2D eigenvalue weighted by Gasteiger charge is 2.24. The molecule has 0 bridgehead atoms. The van der Waals surface area contributed by atoms with Gasteiger partial charge >= 0.3 is 0 Å². The zero-order valence-corrected chi connectivity index (χ0v) is 13.5. The van der Waals surface area contributed by atoms with Gasteiger partial charge in [0.15, 0.2) is 0 Å². The molecule has 4 nitrogen and oxygen atoms in total. The summed E-state index contributed by atoms with van der Waals surface area (Å²) in [6, 6.07) is 8.35. The maximum Gasteiger partial charge on any atom is 0.119 e. The lowest BCUT2D eigenvalue weighted by Crippen LogP contribution is -2.52. The van der Waals surface area contributed by atoms with Crippen LogP contribution in [0.15, 0.2) is 24.3 Å². The van der Waals surface area contributed by atoms with Crippen LogP contribution in [0.2, 0.25) is 0 Å². The van der Waals surface area contributed by atoms with Gasteiger partial charge in [0.25, 0.3) is 0 Å². The van der Waals surface area contributed by atoms with Gasteiger partial charge in [0.1, 0.15) is 5.75 Å². The highest BCUT2D eigenvalue weighted by atomic mass is 16.5. The Bertz CT molecular complexity index is 421. The van der Waals surface area contributed by atoms with Gasteiger partial charge in [-0.25, -0.2) is 0 Å². The van der Waals surface area contributed by atoms with Gasteiger partial charge in [-0.05, 0) is 38.1 Å². The lowest BCUT2D eigenvalue weighted by molar-refractivity contribution is 0.0478. The molecule has 1 saturated heterocycles. The number of nitrogens with zero attached hydrogens (tertiary/aromatic N) is 2. The number of hydrogen-bond donors (Lipinski definition) is 1.